The summed E-state index contributed by atoms with van der Waals surface area (Å²) in [6.45, 7) is 0.198. The van der Waals surface area contributed by atoms with Crippen molar-refractivity contribution >= 4 is 5.78 Å². The van der Waals surface area contributed by atoms with Gasteiger partial charge in [-0.2, -0.15) is 0 Å². The number of hydrogen-bond donors (Lipinski definition) is 0. The van der Waals surface area contributed by atoms with Crippen LogP contribution >= 0.6 is 0 Å². The number of Topliss-reactive ketones (excluding diaryl/α,β-unsaturated/α-hetero) is 1. The van der Waals surface area contributed by atoms with E-state index in [0.717, 1.165) is 17.7 Å². The van der Waals surface area contributed by atoms with E-state index in [1.165, 1.54) is 7.11 Å². The van der Waals surface area contributed by atoms with Gasteiger partial charge in [0.15, 0.2) is 5.78 Å². The molecule has 3 nitrogen and oxygen atoms in total. The van der Waals surface area contributed by atoms with Gasteiger partial charge in [0, 0.05) is 13.5 Å². The van der Waals surface area contributed by atoms with Crippen LogP contribution < -0.4 is 4.74 Å². The number of benzene rings is 1. The summed E-state index contributed by atoms with van der Waals surface area (Å²) in [5, 5.41) is 0. The Kier molecular flexibility index (Phi) is 4.84. The molecule has 0 radical (unpaired) electrons. The van der Waals surface area contributed by atoms with Gasteiger partial charge in [-0.3, -0.25) is 4.79 Å². The molecular weight excluding hydrogens is 192 g/mol. The number of rotatable bonds is 6. The van der Waals surface area contributed by atoms with E-state index in [0.29, 0.717) is 6.42 Å². The van der Waals surface area contributed by atoms with Crippen molar-refractivity contribution in [1.82, 2.24) is 0 Å². The molecule has 1 aromatic carbocycles. The van der Waals surface area contributed by atoms with E-state index in [2.05, 4.69) is 0 Å². The average molecular weight is 208 g/mol. The summed E-state index contributed by atoms with van der Waals surface area (Å²) in [5.74, 6) is 0.951. The van der Waals surface area contributed by atoms with Gasteiger partial charge in [0.1, 0.15) is 12.4 Å². The lowest BCUT2D eigenvalue weighted by Gasteiger charge is -2.03. The van der Waals surface area contributed by atoms with E-state index < -0.39 is 0 Å². The summed E-state index contributed by atoms with van der Waals surface area (Å²) in [6, 6.07) is 7.75. The molecule has 0 bridgehead atoms. The van der Waals surface area contributed by atoms with Crippen LogP contribution in [0.3, 0.4) is 0 Å². The highest BCUT2D eigenvalue weighted by Gasteiger charge is 2.02. The molecular formula is C12H16O3. The van der Waals surface area contributed by atoms with Crippen LogP contribution in [0.5, 0.6) is 5.75 Å². The van der Waals surface area contributed by atoms with Gasteiger partial charge in [0.05, 0.1) is 7.11 Å². The quantitative estimate of drug-likeness (QED) is 0.715. The topological polar surface area (TPSA) is 35.5 Å². The standard InChI is InChI=1S/C12H16O3/c1-14-9-11(13)7-6-10-4-3-5-12(8-10)15-2/h3-5,8H,6-7,9H2,1-2H3. The van der Waals surface area contributed by atoms with Crippen molar-refractivity contribution in [3.05, 3.63) is 29.8 Å². The summed E-state index contributed by atoms with van der Waals surface area (Å²) in [4.78, 5) is 11.2. The first-order chi connectivity index (χ1) is 7.26. The molecule has 0 aliphatic rings. The van der Waals surface area contributed by atoms with E-state index in [9.17, 15) is 4.79 Å². The second-order valence-electron chi connectivity index (χ2n) is 3.32. The Hall–Kier alpha value is -1.35. The van der Waals surface area contributed by atoms with Gasteiger partial charge in [-0.15, -0.1) is 0 Å². The first-order valence-corrected chi connectivity index (χ1v) is 4.90. The van der Waals surface area contributed by atoms with Crippen molar-refractivity contribution in [3.8, 4) is 5.75 Å². The van der Waals surface area contributed by atoms with Crippen LogP contribution in [-0.4, -0.2) is 26.6 Å². The third-order valence-electron chi connectivity index (χ3n) is 2.13. The van der Waals surface area contributed by atoms with Crippen molar-refractivity contribution in [2.45, 2.75) is 12.8 Å². The third kappa shape index (κ3) is 4.13. The maximum atomic E-state index is 11.2. The van der Waals surface area contributed by atoms with E-state index >= 15 is 0 Å². The Morgan fingerprint density at radius 3 is 2.80 bits per heavy atom. The predicted octanol–water partition coefficient (Wildman–Crippen LogP) is 1.84. The monoisotopic (exact) mass is 208 g/mol. The molecule has 0 spiro atoms. The zero-order valence-corrected chi connectivity index (χ0v) is 9.16. The Labute approximate surface area is 90.0 Å². The highest BCUT2D eigenvalue weighted by molar-refractivity contribution is 5.79. The van der Waals surface area contributed by atoms with Crippen LogP contribution in [0.1, 0.15) is 12.0 Å². The molecule has 1 rings (SSSR count). The van der Waals surface area contributed by atoms with Crippen molar-refractivity contribution in [2.75, 3.05) is 20.8 Å². The van der Waals surface area contributed by atoms with Gasteiger partial charge in [0.2, 0.25) is 0 Å². The third-order valence-corrected chi connectivity index (χ3v) is 2.13. The molecule has 0 fully saturated rings. The normalized spacial score (nSPS) is 10.0. The molecule has 82 valence electrons. The molecule has 0 aliphatic heterocycles. The van der Waals surface area contributed by atoms with Gasteiger partial charge in [-0.05, 0) is 24.1 Å². The van der Waals surface area contributed by atoms with Gasteiger partial charge in [0.25, 0.3) is 0 Å². The van der Waals surface area contributed by atoms with Gasteiger partial charge >= 0.3 is 0 Å². The van der Waals surface area contributed by atoms with Crippen LogP contribution in [0.4, 0.5) is 0 Å². The summed E-state index contributed by atoms with van der Waals surface area (Å²) in [7, 11) is 3.17. The number of ketones is 1. The number of aryl methyl sites for hydroxylation is 1. The molecule has 0 aromatic heterocycles. The Balaban J connectivity index is 2.46. The minimum absolute atomic E-state index is 0.125. The molecule has 0 unspecified atom stereocenters. The summed E-state index contributed by atoms with van der Waals surface area (Å²) >= 11 is 0. The summed E-state index contributed by atoms with van der Waals surface area (Å²) < 4.78 is 9.86. The molecule has 0 saturated carbocycles. The lowest BCUT2D eigenvalue weighted by atomic mass is 10.1. The minimum Gasteiger partial charge on any atom is -0.497 e. The van der Waals surface area contributed by atoms with Gasteiger partial charge in [-0.1, -0.05) is 12.1 Å². The minimum atomic E-state index is 0.125. The number of hydrogen-bond acceptors (Lipinski definition) is 3. The molecule has 1 aromatic rings. The first kappa shape index (κ1) is 11.7. The van der Waals surface area contributed by atoms with E-state index in [4.69, 9.17) is 9.47 Å². The first-order valence-electron chi connectivity index (χ1n) is 4.90. The second kappa shape index (κ2) is 6.19. The lowest BCUT2D eigenvalue weighted by molar-refractivity contribution is -0.122. The zero-order chi connectivity index (χ0) is 11.1. The molecule has 15 heavy (non-hydrogen) atoms. The smallest absolute Gasteiger partial charge is 0.158 e. The van der Waals surface area contributed by atoms with Gasteiger partial charge < -0.3 is 9.47 Å². The molecule has 0 heterocycles. The van der Waals surface area contributed by atoms with E-state index in [1.807, 2.05) is 24.3 Å². The van der Waals surface area contributed by atoms with Crippen LogP contribution in [0.2, 0.25) is 0 Å². The van der Waals surface area contributed by atoms with Crippen molar-refractivity contribution in [1.29, 1.82) is 0 Å². The van der Waals surface area contributed by atoms with Crippen LogP contribution in [-0.2, 0) is 16.0 Å². The lowest BCUT2D eigenvalue weighted by Crippen LogP contribution is -2.07. The molecule has 0 saturated heterocycles. The fourth-order valence-electron chi connectivity index (χ4n) is 1.34. The van der Waals surface area contributed by atoms with Crippen LogP contribution in [0, 0.1) is 0 Å². The predicted molar refractivity (Wildman–Crippen MR) is 58.2 cm³/mol. The second-order valence-corrected chi connectivity index (χ2v) is 3.32. The van der Waals surface area contributed by atoms with Crippen molar-refractivity contribution < 1.29 is 14.3 Å². The maximum absolute atomic E-state index is 11.2. The molecule has 3 heteroatoms. The van der Waals surface area contributed by atoms with Crippen molar-refractivity contribution in [3.63, 3.8) is 0 Å². The number of ether oxygens (including phenoxy) is 2. The largest absolute Gasteiger partial charge is 0.497 e. The summed E-state index contributed by atoms with van der Waals surface area (Å²) in [6.07, 6.45) is 1.25. The summed E-state index contributed by atoms with van der Waals surface area (Å²) in [5.41, 5.74) is 1.11. The highest BCUT2D eigenvalue weighted by Crippen LogP contribution is 2.13. The Bertz CT molecular complexity index is 320. The zero-order valence-electron chi connectivity index (χ0n) is 9.16. The fraction of sp³-hybridized carbons (Fsp3) is 0.417. The Morgan fingerprint density at radius 2 is 2.13 bits per heavy atom. The van der Waals surface area contributed by atoms with Crippen LogP contribution in [0.25, 0.3) is 0 Å². The SMILES string of the molecule is COCC(=O)CCc1cccc(OC)c1. The molecule has 0 amide bonds. The number of carbonyl (C=O) groups excluding carboxylic acids is 1. The Morgan fingerprint density at radius 1 is 1.33 bits per heavy atom. The number of methoxy groups -OCH3 is 2. The van der Waals surface area contributed by atoms with Crippen molar-refractivity contribution in [2.24, 2.45) is 0 Å². The molecule has 0 aliphatic carbocycles. The molecule has 0 N–H and O–H groups in total. The average Bonchev–Trinajstić information content (AvgIpc) is 2.27. The van der Waals surface area contributed by atoms with E-state index in [-0.39, 0.29) is 12.4 Å². The van der Waals surface area contributed by atoms with Gasteiger partial charge in [-0.25, -0.2) is 0 Å². The fourth-order valence-corrected chi connectivity index (χ4v) is 1.34. The van der Waals surface area contributed by atoms with E-state index in [1.54, 1.807) is 7.11 Å². The highest BCUT2D eigenvalue weighted by atomic mass is 16.5. The molecule has 0 atom stereocenters. The van der Waals surface area contributed by atoms with Crippen LogP contribution in [0.15, 0.2) is 24.3 Å². The maximum Gasteiger partial charge on any atom is 0.158 e. The number of carbonyl (C=O) groups is 1.